The topological polar surface area (TPSA) is 192 Å². The third-order valence-corrected chi connectivity index (χ3v) is 13.8. The Balaban J connectivity index is 0.000000185. The second kappa shape index (κ2) is 23.0. The van der Waals surface area contributed by atoms with Crippen LogP contribution in [0.25, 0.3) is 44.8 Å². The molecule has 2 aromatic heterocycles. The summed E-state index contributed by atoms with van der Waals surface area (Å²) >= 11 is -0.826. The number of aromatic nitrogens is 4. The molecule has 2 saturated heterocycles. The van der Waals surface area contributed by atoms with Crippen molar-refractivity contribution in [2.75, 3.05) is 79.4 Å². The van der Waals surface area contributed by atoms with E-state index in [-0.39, 0.29) is 22.2 Å². The van der Waals surface area contributed by atoms with E-state index in [1.165, 1.54) is 22.9 Å². The Kier molecular flexibility index (Phi) is 16.8. The van der Waals surface area contributed by atoms with Gasteiger partial charge in [-0.25, -0.2) is 9.97 Å². The van der Waals surface area contributed by atoms with Crippen molar-refractivity contribution in [2.24, 2.45) is 0 Å². The molecule has 14 nitrogen and oxygen atoms in total. The third kappa shape index (κ3) is 12.7. The number of fused-ring (bicyclic) bond motifs is 2. The molecule has 2 radical (unpaired) electrons. The SMILES string of the molecule is CC(C)(C)c1ccc(-c2nc3c(N4CCN(Cc5cccc(N)c5N)CC4)cccc3[nH]2)cc1.CC(C)(C)c1ccc(-c2nc3c(N4CCN(Cc5cccc([N+](=O)[O-])c5N)CC4)cccc3[nH]2)cc1.[Cl][Sn][Cl]. The first-order valence-electron chi connectivity index (χ1n) is 24.7. The van der Waals surface area contributed by atoms with Gasteiger partial charge in [0.1, 0.15) is 28.4 Å². The second-order valence-corrected chi connectivity index (χ2v) is 25.0. The van der Waals surface area contributed by atoms with Crippen molar-refractivity contribution in [1.29, 1.82) is 0 Å². The molecule has 0 spiro atoms. The number of nitrogens with one attached hydrogen (secondary N) is 2. The zero-order chi connectivity index (χ0) is 52.0. The number of imidazole rings is 2. The van der Waals surface area contributed by atoms with Gasteiger partial charge in [-0.15, -0.1) is 0 Å². The summed E-state index contributed by atoms with van der Waals surface area (Å²) in [7, 11) is 9.87. The van der Waals surface area contributed by atoms with Gasteiger partial charge in [0, 0.05) is 82.6 Å². The van der Waals surface area contributed by atoms with Crippen molar-refractivity contribution in [3.63, 3.8) is 0 Å². The van der Waals surface area contributed by atoms with Crippen LogP contribution in [0.1, 0.15) is 63.8 Å². The van der Waals surface area contributed by atoms with Gasteiger partial charge >= 0.3 is 36.7 Å². The molecule has 0 amide bonds. The van der Waals surface area contributed by atoms with Crippen LogP contribution in [0.3, 0.4) is 0 Å². The third-order valence-electron chi connectivity index (χ3n) is 13.8. The first-order valence-corrected chi connectivity index (χ1v) is 31.9. The van der Waals surface area contributed by atoms with Gasteiger partial charge in [0.25, 0.3) is 5.69 Å². The van der Waals surface area contributed by atoms with Crippen LogP contribution < -0.4 is 27.0 Å². The zero-order valence-electron chi connectivity index (χ0n) is 42.6. The predicted molar refractivity (Wildman–Crippen MR) is 306 cm³/mol. The molecule has 8 aromatic rings. The summed E-state index contributed by atoms with van der Waals surface area (Å²) in [6.45, 7) is 22.0. The van der Waals surface area contributed by atoms with E-state index < -0.39 is 23.8 Å². The molecule has 0 saturated carbocycles. The van der Waals surface area contributed by atoms with Crippen LogP contribution in [0.2, 0.25) is 0 Å². The number of para-hydroxylation sites is 4. The Morgan fingerprint density at radius 1 is 0.562 bits per heavy atom. The van der Waals surface area contributed by atoms with Crippen molar-refractivity contribution in [3.05, 3.63) is 154 Å². The number of hydrogen-bond donors (Lipinski definition) is 5. The minimum atomic E-state index is -0.826. The Morgan fingerprint density at radius 2 is 0.945 bits per heavy atom. The van der Waals surface area contributed by atoms with Gasteiger partial charge in [-0.05, 0) is 63.4 Å². The molecular formula is C56H66Cl2N12O2Sn. The van der Waals surface area contributed by atoms with E-state index >= 15 is 0 Å². The maximum absolute atomic E-state index is 11.2. The second-order valence-electron chi connectivity index (χ2n) is 20.8. The van der Waals surface area contributed by atoms with Gasteiger partial charge in [-0.1, -0.05) is 126 Å². The number of piperazine rings is 2. The van der Waals surface area contributed by atoms with Gasteiger partial charge in [-0.3, -0.25) is 19.9 Å². The van der Waals surface area contributed by atoms with Crippen molar-refractivity contribution in [2.45, 2.75) is 65.5 Å². The van der Waals surface area contributed by atoms with Gasteiger partial charge in [0.2, 0.25) is 0 Å². The molecule has 2 aliphatic rings. The molecular weight excluding hydrogens is 1060 g/mol. The van der Waals surface area contributed by atoms with Crippen LogP contribution in [0, 0.1) is 10.1 Å². The fourth-order valence-electron chi connectivity index (χ4n) is 9.52. The van der Waals surface area contributed by atoms with Crippen LogP contribution in [0.4, 0.5) is 34.1 Å². The number of benzene rings is 6. The minimum absolute atomic E-state index is 0.0276. The molecule has 4 heterocycles. The number of nitro benzene ring substituents is 1. The number of H-pyrrole nitrogens is 2. The summed E-state index contributed by atoms with van der Waals surface area (Å²) in [4.78, 5) is 37.4. The average molecular weight is 1130 g/mol. The van der Waals surface area contributed by atoms with Crippen molar-refractivity contribution < 1.29 is 4.92 Å². The van der Waals surface area contributed by atoms with Gasteiger partial charge in [0.05, 0.1) is 38.7 Å². The fourth-order valence-corrected chi connectivity index (χ4v) is 9.52. The standard InChI is InChI=1S/C28H32N6O2.C28H34N6.2ClH.Sn/c1-28(2,3)21-12-10-19(11-13-21)27-30-22-7-5-9-24(26(22)31-27)33-16-14-32(15-17-33)18-20-6-4-8-23(25(20)29)34(35)36;1-28(2,3)21-12-10-19(11-13-21)27-31-23-8-5-9-24(26(23)32-27)34-16-14-33(15-17-34)18-20-6-4-7-22(29)25(20)30;;;/h4-13H,14-18,29H2,1-3H3,(H,30,31);4-13H,14-18,29-30H2,1-3H3,(H,31,32);2*1H;/q;;;;+2/p-2. The molecule has 8 N–H and O–H groups in total. The number of nitrogens with two attached hydrogens (primary N) is 3. The van der Waals surface area contributed by atoms with Crippen LogP contribution in [-0.4, -0.2) is 106 Å². The molecule has 0 atom stereocenters. The molecule has 73 heavy (non-hydrogen) atoms. The predicted octanol–water partition coefficient (Wildman–Crippen LogP) is 11.4. The van der Waals surface area contributed by atoms with Crippen LogP contribution >= 0.6 is 17.8 Å². The zero-order valence-corrected chi connectivity index (χ0v) is 46.9. The fraction of sp³-hybridized carbons (Fsp3) is 0.321. The number of nitro groups is 1. The summed E-state index contributed by atoms with van der Waals surface area (Å²) in [5.74, 6) is 1.79. The first kappa shape index (κ1) is 53.3. The molecule has 2 aliphatic heterocycles. The summed E-state index contributed by atoms with van der Waals surface area (Å²) in [5, 5.41) is 11.2. The van der Waals surface area contributed by atoms with E-state index in [0.717, 1.165) is 121 Å². The van der Waals surface area contributed by atoms with Crippen molar-refractivity contribution in [3.8, 4) is 22.8 Å². The number of anilines is 5. The molecule has 2 fully saturated rings. The molecule has 6 aromatic carbocycles. The Bertz CT molecular complexity index is 3150. The van der Waals surface area contributed by atoms with Crippen molar-refractivity contribution >= 4 is 92.9 Å². The number of rotatable bonds is 9. The number of hydrogen-bond acceptors (Lipinski definition) is 11. The van der Waals surface area contributed by atoms with Crippen molar-refractivity contribution in [1.82, 2.24) is 29.7 Å². The molecule has 0 bridgehead atoms. The summed E-state index contributed by atoms with van der Waals surface area (Å²) in [6.07, 6.45) is 0. The molecule has 380 valence electrons. The van der Waals surface area contributed by atoms with E-state index in [2.05, 4.69) is 162 Å². The Labute approximate surface area is 446 Å². The molecule has 0 aliphatic carbocycles. The van der Waals surface area contributed by atoms with Gasteiger partial charge in [-0.2, -0.15) is 0 Å². The van der Waals surface area contributed by atoms with E-state index in [9.17, 15) is 10.1 Å². The summed E-state index contributed by atoms with van der Waals surface area (Å²) in [5.41, 5.74) is 33.2. The normalized spacial score (nSPS) is 14.7. The van der Waals surface area contributed by atoms with Gasteiger partial charge in [0.15, 0.2) is 0 Å². The number of nitrogen functional groups attached to an aromatic ring is 3. The number of nitrogens with zero attached hydrogens (tertiary/aromatic N) is 7. The summed E-state index contributed by atoms with van der Waals surface area (Å²) < 4.78 is 0. The quantitative estimate of drug-likeness (QED) is 0.0400. The van der Waals surface area contributed by atoms with E-state index in [4.69, 9.17) is 45.0 Å². The van der Waals surface area contributed by atoms with Crippen LogP contribution in [0.15, 0.2) is 121 Å². The molecule has 17 heteroatoms. The first-order chi connectivity index (χ1) is 34.9. The molecule has 10 rings (SSSR count). The number of aromatic amines is 2. The van der Waals surface area contributed by atoms with Crippen LogP contribution in [0.5, 0.6) is 0 Å². The monoisotopic (exact) mass is 1130 g/mol. The number of halogens is 2. The summed E-state index contributed by atoms with van der Waals surface area (Å²) in [6, 6.07) is 41.0. The Morgan fingerprint density at radius 3 is 1.34 bits per heavy atom. The van der Waals surface area contributed by atoms with Crippen LogP contribution in [-0.2, 0) is 23.9 Å². The van der Waals surface area contributed by atoms with E-state index in [0.29, 0.717) is 17.9 Å². The van der Waals surface area contributed by atoms with E-state index in [1.54, 1.807) is 6.07 Å². The van der Waals surface area contributed by atoms with E-state index in [1.807, 2.05) is 18.2 Å². The maximum atomic E-state index is 11.2. The Hall–Kier alpha value is -6.04. The molecule has 0 unspecified atom stereocenters. The average Bonchev–Trinajstić information content (AvgIpc) is 4.02. The van der Waals surface area contributed by atoms with Gasteiger partial charge < -0.3 is 37.0 Å².